The molecule has 0 radical (unpaired) electrons. The van der Waals surface area contributed by atoms with Crippen LogP contribution in [0.4, 0.5) is 0 Å². The van der Waals surface area contributed by atoms with Crippen molar-refractivity contribution < 1.29 is 57.8 Å². The quantitative estimate of drug-likeness (QED) is 0.0346. The molecule has 1 aromatic carbocycles. The third kappa shape index (κ3) is 22.6. The second kappa shape index (κ2) is 30.1. The highest BCUT2D eigenvalue weighted by Crippen LogP contribution is 2.12. The number of aliphatic hydroxyl groups excluding tert-OH is 1. The minimum absolute atomic E-state index is 0.00174. The molecule has 1 aromatic rings. The molecule has 0 bridgehead atoms. The summed E-state index contributed by atoms with van der Waals surface area (Å²) in [6, 6.07) is -0.958. The van der Waals surface area contributed by atoms with Gasteiger partial charge in [0.1, 0.15) is 42.3 Å². The highest BCUT2D eigenvalue weighted by molar-refractivity contribution is 7.98. The SMILES string of the molecule is CCC(C)C(NC(=O)C(CCC(N)=O)NC(C)=O)C(=O)NCC(=O)NC(CCSC)C(=O)NC(C(=O)NC(CC(C)C)C(=O)NC(CC(N)=O)C(=O)NC(Cc1ccccc1)C(N)=O)C(C)O. The van der Waals surface area contributed by atoms with E-state index in [1.54, 1.807) is 64.3 Å². The zero-order valence-electron chi connectivity index (χ0n) is 39.1. The third-order valence-corrected chi connectivity index (χ3v) is 10.9. The number of carbonyl (C=O) groups excluding carboxylic acids is 11. The Balaban J connectivity index is 3.19. The number of thioether (sulfide) groups is 1. The Labute approximate surface area is 394 Å². The molecule has 9 unspecified atom stereocenters. The van der Waals surface area contributed by atoms with E-state index in [1.807, 2.05) is 0 Å². The summed E-state index contributed by atoms with van der Waals surface area (Å²) in [6.07, 6.45) is -0.419. The summed E-state index contributed by atoms with van der Waals surface area (Å²) >= 11 is 1.34. The van der Waals surface area contributed by atoms with Crippen molar-refractivity contribution in [3.63, 3.8) is 0 Å². The summed E-state index contributed by atoms with van der Waals surface area (Å²) in [5.41, 5.74) is 16.8. The number of benzene rings is 1. The second-order valence-corrected chi connectivity index (χ2v) is 17.5. The first-order chi connectivity index (χ1) is 31.4. The molecule has 0 saturated carbocycles. The van der Waals surface area contributed by atoms with E-state index >= 15 is 0 Å². The van der Waals surface area contributed by atoms with Gasteiger partial charge >= 0.3 is 0 Å². The van der Waals surface area contributed by atoms with Crippen LogP contribution >= 0.6 is 11.8 Å². The maximum atomic E-state index is 13.7. The average Bonchev–Trinajstić information content (AvgIpc) is 3.24. The van der Waals surface area contributed by atoms with Crippen LogP contribution in [0.2, 0.25) is 0 Å². The van der Waals surface area contributed by atoms with E-state index in [-0.39, 0.29) is 38.0 Å². The minimum atomic E-state index is -1.69. The minimum Gasteiger partial charge on any atom is -0.391 e. The molecule has 0 aliphatic rings. The van der Waals surface area contributed by atoms with Crippen molar-refractivity contribution in [3.05, 3.63) is 35.9 Å². The number of nitrogens with one attached hydrogen (secondary N) is 8. The number of carbonyl (C=O) groups is 11. The highest BCUT2D eigenvalue weighted by atomic mass is 32.2. The number of primary amides is 3. The van der Waals surface area contributed by atoms with Crippen molar-refractivity contribution in [1.29, 1.82) is 0 Å². The van der Waals surface area contributed by atoms with Crippen LogP contribution in [0.3, 0.4) is 0 Å². The largest absolute Gasteiger partial charge is 0.391 e. The van der Waals surface area contributed by atoms with Crippen LogP contribution in [0.1, 0.15) is 85.6 Å². The average molecular weight is 964 g/mol. The second-order valence-electron chi connectivity index (χ2n) is 16.6. The van der Waals surface area contributed by atoms with E-state index in [4.69, 9.17) is 17.2 Å². The van der Waals surface area contributed by atoms with E-state index in [0.717, 1.165) is 0 Å². The van der Waals surface area contributed by atoms with Crippen LogP contribution in [0, 0.1) is 11.8 Å². The van der Waals surface area contributed by atoms with Crippen molar-refractivity contribution in [2.24, 2.45) is 29.0 Å². The fourth-order valence-corrected chi connectivity index (χ4v) is 6.91. The van der Waals surface area contributed by atoms with Gasteiger partial charge in [0, 0.05) is 19.8 Å². The predicted octanol–water partition coefficient (Wildman–Crippen LogP) is -3.39. The molecule has 1 rings (SSSR count). The zero-order chi connectivity index (χ0) is 51.0. The fraction of sp³-hybridized carbons (Fsp3) is 0.605. The molecule has 0 saturated heterocycles. The van der Waals surface area contributed by atoms with Gasteiger partial charge < -0.3 is 64.8 Å². The molecule has 15 N–H and O–H groups in total. The number of rotatable bonds is 31. The Hall–Kier alpha value is -6.30. The van der Waals surface area contributed by atoms with E-state index in [0.29, 0.717) is 17.7 Å². The monoisotopic (exact) mass is 963 g/mol. The summed E-state index contributed by atoms with van der Waals surface area (Å²) in [6.45, 7) is 8.62. The van der Waals surface area contributed by atoms with Crippen molar-refractivity contribution in [2.75, 3.05) is 18.6 Å². The van der Waals surface area contributed by atoms with Gasteiger partial charge in [0.2, 0.25) is 65.0 Å². The Morgan fingerprint density at radius 3 is 1.67 bits per heavy atom. The molecular formula is C43H69N11O12S. The van der Waals surface area contributed by atoms with Gasteiger partial charge in [-0.05, 0) is 55.6 Å². The maximum Gasteiger partial charge on any atom is 0.245 e. The molecule has 0 aliphatic heterocycles. The Bertz CT molecular complexity index is 1890. The lowest BCUT2D eigenvalue weighted by molar-refractivity contribution is -0.137. The van der Waals surface area contributed by atoms with Crippen LogP contribution in [-0.2, 0) is 59.2 Å². The molecule has 0 spiro atoms. The smallest absolute Gasteiger partial charge is 0.245 e. The van der Waals surface area contributed by atoms with E-state index in [1.165, 1.54) is 25.6 Å². The zero-order valence-corrected chi connectivity index (χ0v) is 39.9. The van der Waals surface area contributed by atoms with Crippen molar-refractivity contribution in [1.82, 2.24) is 42.5 Å². The van der Waals surface area contributed by atoms with Crippen molar-refractivity contribution >= 4 is 76.7 Å². The molecule has 11 amide bonds. The lowest BCUT2D eigenvalue weighted by Gasteiger charge is -2.28. The molecule has 0 aliphatic carbocycles. The highest BCUT2D eigenvalue weighted by Gasteiger charge is 2.35. The van der Waals surface area contributed by atoms with Crippen molar-refractivity contribution in [3.8, 4) is 0 Å². The van der Waals surface area contributed by atoms with Gasteiger partial charge in [-0.25, -0.2) is 0 Å². The third-order valence-electron chi connectivity index (χ3n) is 10.2. The van der Waals surface area contributed by atoms with Crippen molar-refractivity contribution in [2.45, 2.75) is 135 Å². The molecule has 23 nitrogen and oxygen atoms in total. The molecule has 0 aromatic heterocycles. The molecular weight excluding hydrogens is 895 g/mol. The van der Waals surface area contributed by atoms with Crippen LogP contribution < -0.4 is 59.7 Å². The summed E-state index contributed by atoms with van der Waals surface area (Å²) in [5, 5.41) is 30.4. The van der Waals surface area contributed by atoms with Crippen LogP contribution in [0.15, 0.2) is 30.3 Å². The van der Waals surface area contributed by atoms with Gasteiger partial charge in [0.15, 0.2) is 0 Å². The molecule has 0 fully saturated rings. The Morgan fingerprint density at radius 2 is 1.16 bits per heavy atom. The standard InChI is InChI=1S/C43H69N11O12S/c1-8-23(4)35(53-38(61)27(48-25(6)56)14-15-32(44)57)42(65)47-21-34(59)49-28(16-17-67-7)39(62)54-36(24(5)55)43(66)52-30(18-22(2)3)40(63)51-31(20-33(45)58)41(64)50-29(37(46)60)19-26-12-10-9-11-13-26/h9-13,22-24,27-31,35-36,55H,8,14-21H2,1-7H3,(H2,44,57)(H2,45,58)(H2,46,60)(H,47,65)(H,48,56)(H,49,59)(H,50,64)(H,51,63)(H,52,66)(H,53,61)(H,54,62). The molecule has 0 heterocycles. The van der Waals surface area contributed by atoms with Gasteiger partial charge in [0.05, 0.1) is 19.1 Å². The van der Waals surface area contributed by atoms with Gasteiger partial charge in [0.25, 0.3) is 0 Å². The summed E-state index contributed by atoms with van der Waals surface area (Å²) < 4.78 is 0. The summed E-state index contributed by atoms with van der Waals surface area (Å²) in [5.74, 6) is -9.65. The Morgan fingerprint density at radius 1 is 0.627 bits per heavy atom. The lowest BCUT2D eigenvalue weighted by atomic mass is 9.97. The summed E-state index contributed by atoms with van der Waals surface area (Å²) in [7, 11) is 0. The normalized spacial score (nSPS) is 15.0. The molecule has 9 atom stereocenters. The topological polar surface area (TPSA) is 382 Å². The number of hydrogen-bond donors (Lipinski definition) is 12. The fourth-order valence-electron chi connectivity index (χ4n) is 6.43. The van der Waals surface area contributed by atoms with Gasteiger partial charge in [-0.2, -0.15) is 11.8 Å². The number of amides is 11. The molecule has 67 heavy (non-hydrogen) atoms. The first kappa shape index (κ1) is 58.7. The summed E-state index contributed by atoms with van der Waals surface area (Å²) in [4.78, 5) is 142. The van der Waals surface area contributed by atoms with E-state index in [2.05, 4.69) is 42.5 Å². The maximum absolute atomic E-state index is 13.7. The number of hydrogen-bond acceptors (Lipinski definition) is 13. The van der Waals surface area contributed by atoms with Crippen LogP contribution in [-0.4, -0.2) is 137 Å². The van der Waals surface area contributed by atoms with E-state index in [9.17, 15) is 57.8 Å². The van der Waals surface area contributed by atoms with Gasteiger partial charge in [-0.1, -0.05) is 64.4 Å². The van der Waals surface area contributed by atoms with Gasteiger partial charge in [-0.15, -0.1) is 0 Å². The first-order valence-corrected chi connectivity index (χ1v) is 23.2. The first-order valence-electron chi connectivity index (χ1n) is 21.8. The Kier molecular flexibility index (Phi) is 26.4. The number of nitrogens with two attached hydrogens (primary N) is 3. The predicted molar refractivity (Wildman–Crippen MR) is 247 cm³/mol. The lowest BCUT2D eigenvalue weighted by Crippen LogP contribution is -2.61. The van der Waals surface area contributed by atoms with Gasteiger partial charge in [-0.3, -0.25) is 52.7 Å². The van der Waals surface area contributed by atoms with Crippen LogP contribution in [0.5, 0.6) is 0 Å². The number of aliphatic hydroxyl groups is 1. The molecule has 24 heteroatoms. The van der Waals surface area contributed by atoms with Crippen LogP contribution in [0.25, 0.3) is 0 Å². The van der Waals surface area contributed by atoms with E-state index < -0.39 is 132 Å². The molecule has 374 valence electrons.